The molecule has 41 heavy (non-hydrogen) atoms. The molecule has 0 amide bonds. The summed E-state index contributed by atoms with van der Waals surface area (Å²) in [6.07, 6.45) is 0. The number of ether oxygens (including phenoxy) is 1. The monoisotopic (exact) mass is 606 g/mol. The Morgan fingerprint density at radius 3 is 2.44 bits per heavy atom. The van der Waals surface area contributed by atoms with Gasteiger partial charge in [0, 0.05) is 21.0 Å². The highest BCUT2D eigenvalue weighted by Crippen LogP contribution is 2.33. The van der Waals surface area contributed by atoms with Crippen molar-refractivity contribution in [2.45, 2.75) is 11.8 Å². The van der Waals surface area contributed by atoms with Crippen LogP contribution in [0.3, 0.4) is 0 Å². The lowest BCUT2D eigenvalue weighted by Crippen LogP contribution is -2.21. The zero-order valence-corrected chi connectivity index (χ0v) is 23.6. The second kappa shape index (κ2) is 10.2. The second-order valence-electron chi connectivity index (χ2n) is 8.79. The van der Waals surface area contributed by atoms with E-state index in [1.807, 2.05) is 29.6 Å². The fraction of sp³-hybridized carbons (Fsp3) is 0.0741. The van der Waals surface area contributed by atoms with E-state index in [1.54, 1.807) is 25.1 Å². The van der Waals surface area contributed by atoms with Gasteiger partial charge in [-0.05, 0) is 60.8 Å². The molecule has 206 valence electrons. The quantitative estimate of drug-likeness (QED) is 0.276. The number of esters is 1. The Morgan fingerprint density at radius 2 is 1.80 bits per heavy atom. The number of sulfonamides is 1. The molecule has 0 bridgehead atoms. The lowest BCUT2D eigenvalue weighted by molar-refractivity contribution is 0.0509. The minimum atomic E-state index is -3.95. The first-order valence-electron chi connectivity index (χ1n) is 12.1. The number of carbonyl (C=O) groups is 1. The molecule has 6 aromatic rings. The normalized spacial score (nSPS) is 11.8. The number of rotatable bonds is 6. The Balaban J connectivity index is 1.70. The molecular weight excluding hydrogens is 588 g/mol. The van der Waals surface area contributed by atoms with Gasteiger partial charge in [0.25, 0.3) is 5.56 Å². The van der Waals surface area contributed by atoms with Gasteiger partial charge in [-0.15, -0.1) is 16.4 Å². The van der Waals surface area contributed by atoms with Crippen LogP contribution in [0.15, 0.2) is 81.8 Å². The van der Waals surface area contributed by atoms with Crippen LogP contribution in [0.1, 0.15) is 17.5 Å². The molecule has 0 radical (unpaired) electrons. The zero-order chi connectivity index (χ0) is 28.9. The Kier molecular flexibility index (Phi) is 6.66. The van der Waals surface area contributed by atoms with Crippen molar-refractivity contribution in [1.82, 2.24) is 24.1 Å². The number of fused-ring (bicyclic) bond motifs is 2. The van der Waals surface area contributed by atoms with Gasteiger partial charge in [0.2, 0.25) is 21.6 Å². The van der Waals surface area contributed by atoms with E-state index in [1.165, 1.54) is 40.3 Å². The predicted molar refractivity (Wildman–Crippen MR) is 155 cm³/mol. The summed E-state index contributed by atoms with van der Waals surface area (Å²) in [5.74, 6) is -1.15. The van der Waals surface area contributed by atoms with Crippen LogP contribution in [0.5, 0.6) is 0 Å². The van der Waals surface area contributed by atoms with Crippen molar-refractivity contribution in [3.63, 3.8) is 0 Å². The average Bonchev–Trinajstić information content (AvgIpc) is 3.62. The summed E-state index contributed by atoms with van der Waals surface area (Å²) >= 11 is 7.53. The molecule has 0 unspecified atom stereocenters. The molecule has 2 aromatic carbocycles. The highest BCUT2D eigenvalue weighted by Gasteiger charge is 2.26. The molecule has 0 saturated carbocycles. The molecule has 4 heterocycles. The first-order chi connectivity index (χ1) is 19.7. The van der Waals surface area contributed by atoms with E-state index in [2.05, 4.69) is 5.10 Å². The van der Waals surface area contributed by atoms with Crippen LogP contribution in [-0.2, 0) is 14.8 Å². The third-order valence-electron chi connectivity index (χ3n) is 6.21. The fourth-order valence-corrected chi connectivity index (χ4v) is 5.75. The summed E-state index contributed by atoms with van der Waals surface area (Å²) in [7, 11) is -3.95. The third kappa shape index (κ3) is 4.78. The van der Waals surface area contributed by atoms with Gasteiger partial charge in [-0.1, -0.05) is 29.8 Å². The van der Waals surface area contributed by atoms with Gasteiger partial charge in [0.05, 0.1) is 28.3 Å². The molecule has 0 saturated heterocycles. The highest BCUT2D eigenvalue weighted by atomic mass is 35.5. The number of aromatic nitrogens is 5. The Bertz CT molecular complexity index is 2120. The molecule has 0 atom stereocenters. The van der Waals surface area contributed by atoms with E-state index < -0.39 is 21.6 Å². The van der Waals surface area contributed by atoms with Crippen molar-refractivity contribution in [2.75, 3.05) is 6.61 Å². The molecule has 6 rings (SSSR count). The number of thiophene rings is 1. The number of halogens is 1. The number of primary sulfonamides is 1. The Hall–Kier alpha value is -4.43. The standard InChI is InChI=1S/C27H19ClN6O5S2/c1-2-39-26(36)24-32-34(17-9-11-18(12-10-17)41(29,37)38)27-31-23-22(25(35)33(24)27)19(21-4-3-13-40-21)14-20(30-23)15-5-7-16(28)8-6-15/h3-14H,2H2,1H3,(H2,29,37,38). The summed E-state index contributed by atoms with van der Waals surface area (Å²) < 4.78 is 31.0. The van der Waals surface area contributed by atoms with Gasteiger partial charge in [-0.3, -0.25) is 4.79 Å². The van der Waals surface area contributed by atoms with Crippen LogP contribution in [0.2, 0.25) is 5.02 Å². The average molecular weight is 607 g/mol. The lowest BCUT2D eigenvalue weighted by Gasteiger charge is -2.10. The number of hydrogen-bond donors (Lipinski definition) is 1. The summed E-state index contributed by atoms with van der Waals surface area (Å²) in [6.45, 7) is 1.69. The fourth-order valence-electron chi connectivity index (χ4n) is 4.36. The number of hydrogen-bond acceptors (Lipinski definition) is 9. The van der Waals surface area contributed by atoms with Crippen LogP contribution >= 0.6 is 22.9 Å². The summed E-state index contributed by atoms with van der Waals surface area (Å²) in [5.41, 5.74) is 1.78. The third-order valence-corrected chi connectivity index (χ3v) is 8.30. The van der Waals surface area contributed by atoms with Crippen molar-refractivity contribution in [2.24, 2.45) is 5.14 Å². The minimum Gasteiger partial charge on any atom is -0.460 e. The second-order valence-corrected chi connectivity index (χ2v) is 11.7. The lowest BCUT2D eigenvalue weighted by atomic mass is 10.1. The van der Waals surface area contributed by atoms with Crippen LogP contribution < -0.4 is 10.7 Å². The number of nitrogens with zero attached hydrogens (tertiary/aromatic N) is 5. The molecule has 14 heteroatoms. The Morgan fingerprint density at radius 1 is 1.07 bits per heavy atom. The minimum absolute atomic E-state index is 0.0215. The first-order valence-corrected chi connectivity index (χ1v) is 14.9. The maximum atomic E-state index is 14.2. The van der Waals surface area contributed by atoms with E-state index in [9.17, 15) is 18.0 Å². The van der Waals surface area contributed by atoms with E-state index in [0.717, 1.165) is 14.8 Å². The molecule has 2 N–H and O–H groups in total. The largest absolute Gasteiger partial charge is 0.460 e. The van der Waals surface area contributed by atoms with Crippen molar-refractivity contribution in [3.05, 3.63) is 93.3 Å². The molecule has 0 aliphatic carbocycles. The predicted octanol–water partition coefficient (Wildman–Crippen LogP) is 4.30. The van der Waals surface area contributed by atoms with E-state index in [-0.39, 0.29) is 34.1 Å². The van der Waals surface area contributed by atoms with E-state index >= 15 is 0 Å². The van der Waals surface area contributed by atoms with Gasteiger partial charge in [0.15, 0.2) is 5.65 Å². The molecule has 11 nitrogen and oxygen atoms in total. The van der Waals surface area contributed by atoms with Crippen LogP contribution in [-0.4, -0.2) is 45.1 Å². The maximum Gasteiger partial charge on any atom is 0.376 e. The molecular formula is C27H19ClN6O5S2. The first kappa shape index (κ1) is 26.8. The number of pyridine rings is 1. The number of carbonyl (C=O) groups excluding carboxylic acids is 1. The zero-order valence-electron chi connectivity index (χ0n) is 21.2. The summed E-state index contributed by atoms with van der Waals surface area (Å²) in [6, 6.07) is 18.1. The molecule has 4 aromatic heterocycles. The van der Waals surface area contributed by atoms with Gasteiger partial charge in [-0.2, -0.15) is 9.67 Å². The topological polar surface area (TPSA) is 152 Å². The van der Waals surface area contributed by atoms with Crippen molar-refractivity contribution in [1.29, 1.82) is 0 Å². The molecule has 0 spiro atoms. The van der Waals surface area contributed by atoms with Gasteiger partial charge < -0.3 is 4.74 Å². The van der Waals surface area contributed by atoms with Gasteiger partial charge in [-0.25, -0.2) is 27.7 Å². The number of nitrogens with two attached hydrogens (primary N) is 1. The van der Waals surface area contributed by atoms with Crippen molar-refractivity contribution < 1.29 is 17.9 Å². The van der Waals surface area contributed by atoms with Crippen LogP contribution in [0, 0.1) is 0 Å². The molecule has 0 fully saturated rings. The summed E-state index contributed by atoms with van der Waals surface area (Å²) in [4.78, 5) is 37.2. The van der Waals surface area contributed by atoms with E-state index in [0.29, 0.717) is 22.0 Å². The SMILES string of the molecule is CCOC(=O)c1nn(-c2ccc(S(N)(=O)=O)cc2)c2nc3nc(-c4ccc(Cl)cc4)cc(-c4cccs4)c3c(=O)n12. The Labute approximate surface area is 241 Å². The van der Waals surface area contributed by atoms with Crippen molar-refractivity contribution in [3.8, 4) is 27.4 Å². The molecule has 0 aliphatic rings. The van der Waals surface area contributed by atoms with Crippen LogP contribution in [0.25, 0.3) is 44.2 Å². The summed E-state index contributed by atoms with van der Waals surface area (Å²) in [5, 5.41) is 12.2. The van der Waals surface area contributed by atoms with Gasteiger partial charge >= 0.3 is 5.97 Å². The van der Waals surface area contributed by atoms with E-state index in [4.69, 9.17) is 31.4 Å². The van der Waals surface area contributed by atoms with Crippen molar-refractivity contribution >= 4 is 55.7 Å². The molecule has 0 aliphatic heterocycles. The highest BCUT2D eigenvalue weighted by molar-refractivity contribution is 7.89. The van der Waals surface area contributed by atoms with Crippen LogP contribution in [0.4, 0.5) is 0 Å². The van der Waals surface area contributed by atoms with Gasteiger partial charge in [0.1, 0.15) is 0 Å². The smallest absolute Gasteiger partial charge is 0.376 e. The maximum absolute atomic E-state index is 14.2. The number of benzene rings is 2.